The number of alkyl halides is 3. The molecule has 0 saturated heterocycles. The van der Waals surface area contributed by atoms with Gasteiger partial charge in [-0.25, -0.2) is 8.78 Å². The van der Waals surface area contributed by atoms with Gasteiger partial charge >= 0.3 is 6.18 Å². The number of rotatable bonds is 1. The lowest BCUT2D eigenvalue weighted by Crippen LogP contribution is -2.13. The molecule has 0 aliphatic rings. The number of aromatic nitrogens is 1. The molecule has 0 aliphatic heterocycles. The van der Waals surface area contributed by atoms with Crippen LogP contribution in [-0.4, -0.2) is 4.98 Å². The van der Waals surface area contributed by atoms with Crippen LogP contribution in [0.3, 0.4) is 0 Å². The SMILES string of the molecule is Cc1ccnc(-c2c(C)cc(F)c(C(F)(F)F)c2F)c1. The molecule has 20 heavy (non-hydrogen) atoms. The van der Waals surface area contributed by atoms with Gasteiger partial charge in [-0.2, -0.15) is 13.2 Å². The maximum atomic E-state index is 14.1. The topological polar surface area (TPSA) is 12.9 Å². The molecule has 2 rings (SSSR count). The molecule has 0 amide bonds. The first-order valence-corrected chi connectivity index (χ1v) is 5.70. The Hall–Kier alpha value is -1.98. The van der Waals surface area contributed by atoms with Crippen molar-refractivity contribution in [2.45, 2.75) is 20.0 Å². The second kappa shape index (κ2) is 4.85. The fourth-order valence-electron chi connectivity index (χ4n) is 1.98. The van der Waals surface area contributed by atoms with Crippen LogP contribution in [0.15, 0.2) is 24.4 Å². The molecule has 1 nitrogen and oxygen atoms in total. The third kappa shape index (κ3) is 2.50. The van der Waals surface area contributed by atoms with Crippen molar-refractivity contribution in [2.24, 2.45) is 0 Å². The van der Waals surface area contributed by atoms with Gasteiger partial charge in [0.15, 0.2) is 0 Å². The Morgan fingerprint density at radius 3 is 2.25 bits per heavy atom. The maximum Gasteiger partial charge on any atom is 0.422 e. The van der Waals surface area contributed by atoms with Gasteiger partial charge in [0.1, 0.15) is 17.2 Å². The van der Waals surface area contributed by atoms with Crippen LogP contribution in [0, 0.1) is 25.5 Å². The van der Waals surface area contributed by atoms with E-state index in [-0.39, 0.29) is 16.8 Å². The first-order chi connectivity index (χ1) is 9.21. The van der Waals surface area contributed by atoms with Crippen LogP contribution in [-0.2, 0) is 6.18 Å². The van der Waals surface area contributed by atoms with Gasteiger partial charge < -0.3 is 0 Å². The summed E-state index contributed by atoms with van der Waals surface area (Å²) in [6, 6.07) is 3.75. The molecular weight excluding hydrogens is 277 g/mol. The van der Waals surface area contributed by atoms with Gasteiger partial charge in [0.2, 0.25) is 0 Å². The minimum absolute atomic E-state index is 0.0468. The molecule has 0 spiro atoms. The number of pyridine rings is 1. The smallest absolute Gasteiger partial charge is 0.256 e. The van der Waals surface area contributed by atoms with Crippen LogP contribution in [0.25, 0.3) is 11.3 Å². The van der Waals surface area contributed by atoms with E-state index in [1.54, 1.807) is 13.0 Å². The molecule has 0 N–H and O–H groups in total. The van der Waals surface area contributed by atoms with Crippen molar-refractivity contribution in [2.75, 3.05) is 0 Å². The number of aryl methyl sites for hydroxylation is 2. The molecule has 1 aromatic heterocycles. The average molecular weight is 287 g/mol. The first-order valence-electron chi connectivity index (χ1n) is 5.70. The summed E-state index contributed by atoms with van der Waals surface area (Å²) >= 11 is 0. The van der Waals surface area contributed by atoms with Gasteiger partial charge in [-0.05, 0) is 43.2 Å². The summed E-state index contributed by atoms with van der Waals surface area (Å²) in [5.74, 6) is -3.25. The lowest BCUT2D eigenvalue weighted by atomic mass is 9.99. The minimum Gasteiger partial charge on any atom is -0.256 e. The second-order valence-corrected chi connectivity index (χ2v) is 4.46. The van der Waals surface area contributed by atoms with Crippen LogP contribution in [0.4, 0.5) is 22.0 Å². The van der Waals surface area contributed by atoms with Crippen molar-refractivity contribution in [3.8, 4) is 11.3 Å². The predicted octanol–water partition coefficient (Wildman–Crippen LogP) is 4.66. The number of hydrogen-bond donors (Lipinski definition) is 0. The number of halogens is 5. The van der Waals surface area contributed by atoms with E-state index >= 15 is 0 Å². The molecule has 2 aromatic rings. The highest BCUT2D eigenvalue weighted by Crippen LogP contribution is 2.38. The lowest BCUT2D eigenvalue weighted by molar-refractivity contribution is -0.142. The van der Waals surface area contributed by atoms with Gasteiger partial charge in [-0.15, -0.1) is 0 Å². The van der Waals surface area contributed by atoms with Gasteiger partial charge in [0, 0.05) is 11.8 Å². The van der Waals surface area contributed by atoms with Gasteiger partial charge in [0.05, 0.1) is 5.69 Å². The summed E-state index contributed by atoms with van der Waals surface area (Å²) < 4.78 is 65.7. The molecule has 0 fully saturated rings. The number of nitrogens with zero attached hydrogens (tertiary/aromatic N) is 1. The average Bonchev–Trinajstić information content (AvgIpc) is 2.25. The highest BCUT2D eigenvalue weighted by molar-refractivity contribution is 5.66. The van der Waals surface area contributed by atoms with Crippen molar-refractivity contribution in [3.05, 3.63) is 52.7 Å². The van der Waals surface area contributed by atoms with Gasteiger partial charge in [0.25, 0.3) is 0 Å². The lowest BCUT2D eigenvalue weighted by Gasteiger charge is -2.14. The molecule has 0 bridgehead atoms. The molecule has 1 aromatic carbocycles. The zero-order chi connectivity index (χ0) is 15.1. The summed E-state index contributed by atoms with van der Waals surface area (Å²) in [6.07, 6.45) is -3.74. The summed E-state index contributed by atoms with van der Waals surface area (Å²) in [4.78, 5) is 3.85. The minimum atomic E-state index is -5.10. The highest BCUT2D eigenvalue weighted by Gasteiger charge is 2.39. The molecule has 1 heterocycles. The largest absolute Gasteiger partial charge is 0.422 e. The predicted molar refractivity (Wildman–Crippen MR) is 64.1 cm³/mol. The third-order valence-corrected chi connectivity index (χ3v) is 2.87. The summed E-state index contributed by atoms with van der Waals surface area (Å²) in [6.45, 7) is 3.04. The fourth-order valence-corrected chi connectivity index (χ4v) is 1.98. The molecular formula is C14H10F5N. The van der Waals surface area contributed by atoms with Crippen LogP contribution in [0.1, 0.15) is 16.7 Å². The highest BCUT2D eigenvalue weighted by atomic mass is 19.4. The Bertz CT molecular complexity index is 661. The fraction of sp³-hybridized carbons (Fsp3) is 0.214. The second-order valence-electron chi connectivity index (χ2n) is 4.46. The molecule has 6 heteroatoms. The van der Waals surface area contributed by atoms with E-state index in [4.69, 9.17) is 0 Å². The van der Waals surface area contributed by atoms with E-state index < -0.39 is 23.4 Å². The first kappa shape index (κ1) is 14.4. The van der Waals surface area contributed by atoms with E-state index in [9.17, 15) is 22.0 Å². The summed E-state index contributed by atoms with van der Waals surface area (Å²) in [7, 11) is 0. The van der Waals surface area contributed by atoms with E-state index in [0.717, 1.165) is 0 Å². The van der Waals surface area contributed by atoms with Crippen molar-refractivity contribution in [1.29, 1.82) is 0 Å². The number of benzene rings is 1. The Balaban J connectivity index is 2.78. The van der Waals surface area contributed by atoms with Gasteiger partial charge in [-0.1, -0.05) is 0 Å². The van der Waals surface area contributed by atoms with Crippen molar-refractivity contribution >= 4 is 0 Å². The van der Waals surface area contributed by atoms with E-state index in [1.165, 1.54) is 19.2 Å². The van der Waals surface area contributed by atoms with Crippen molar-refractivity contribution in [3.63, 3.8) is 0 Å². The summed E-state index contributed by atoms with van der Waals surface area (Å²) in [5, 5.41) is 0. The standard InChI is InChI=1S/C14H10F5N/c1-7-3-4-20-10(5-7)11-8(2)6-9(15)12(13(11)16)14(17,18)19/h3-6H,1-2H3. The number of hydrogen-bond acceptors (Lipinski definition) is 1. The Kier molecular flexibility index (Phi) is 3.50. The van der Waals surface area contributed by atoms with Crippen LogP contribution in [0.2, 0.25) is 0 Å². The maximum absolute atomic E-state index is 14.1. The Morgan fingerprint density at radius 2 is 1.70 bits per heavy atom. The van der Waals surface area contributed by atoms with E-state index in [0.29, 0.717) is 11.6 Å². The molecule has 0 atom stereocenters. The van der Waals surface area contributed by atoms with Crippen molar-refractivity contribution < 1.29 is 22.0 Å². The zero-order valence-electron chi connectivity index (χ0n) is 10.6. The third-order valence-electron chi connectivity index (χ3n) is 2.87. The summed E-state index contributed by atoms with van der Waals surface area (Å²) in [5.41, 5.74) is -1.40. The van der Waals surface area contributed by atoms with Crippen molar-refractivity contribution in [1.82, 2.24) is 4.98 Å². The molecule has 106 valence electrons. The van der Waals surface area contributed by atoms with Gasteiger partial charge in [-0.3, -0.25) is 4.98 Å². The molecule has 0 radical (unpaired) electrons. The monoisotopic (exact) mass is 287 g/mol. The molecule has 0 aliphatic carbocycles. The van der Waals surface area contributed by atoms with Crippen LogP contribution >= 0.6 is 0 Å². The Morgan fingerprint density at radius 1 is 1.05 bits per heavy atom. The normalized spacial score (nSPS) is 11.8. The van der Waals surface area contributed by atoms with Crippen LogP contribution in [0.5, 0.6) is 0 Å². The molecule has 0 unspecified atom stereocenters. The quantitative estimate of drug-likeness (QED) is 0.695. The van der Waals surface area contributed by atoms with E-state index in [2.05, 4.69) is 4.98 Å². The Labute approximate surface area is 112 Å². The zero-order valence-corrected chi connectivity index (χ0v) is 10.6. The van der Waals surface area contributed by atoms with Crippen LogP contribution < -0.4 is 0 Å². The van der Waals surface area contributed by atoms with E-state index in [1.807, 2.05) is 0 Å². The molecule has 0 saturated carbocycles.